The average molecular weight is 298 g/mol. The van der Waals surface area contributed by atoms with Crippen molar-refractivity contribution in [2.45, 2.75) is 52.7 Å². The lowest BCUT2D eigenvalue weighted by Crippen LogP contribution is -2.32. The van der Waals surface area contributed by atoms with Crippen LogP contribution in [0.5, 0.6) is 0 Å². The van der Waals surface area contributed by atoms with E-state index in [1.165, 1.54) is 6.07 Å². The summed E-state index contributed by atoms with van der Waals surface area (Å²) in [5.74, 6) is -1.57. The van der Waals surface area contributed by atoms with Crippen LogP contribution in [-0.2, 0) is 16.1 Å². The number of hydrogen-bond donors (Lipinski definition) is 2. The zero-order valence-corrected chi connectivity index (χ0v) is 13.0. The summed E-state index contributed by atoms with van der Waals surface area (Å²) in [4.78, 5) is 22.7. The Morgan fingerprint density at radius 1 is 1.43 bits per heavy atom. The van der Waals surface area contributed by atoms with Crippen molar-refractivity contribution in [2.24, 2.45) is 5.92 Å². The number of aromatic nitrogens is 1. The predicted molar refractivity (Wildman–Crippen MR) is 74.8 cm³/mol. The van der Waals surface area contributed by atoms with Crippen LogP contribution in [0.1, 0.15) is 52.0 Å². The highest BCUT2D eigenvalue weighted by atomic mass is 16.6. The fourth-order valence-electron chi connectivity index (χ4n) is 1.77. The number of nitrogens with zero attached hydrogens (tertiary/aromatic N) is 1. The average Bonchev–Trinajstić information content (AvgIpc) is 2.71. The largest absolute Gasteiger partial charge is 0.481 e. The Kier molecular flexibility index (Phi) is 5.34. The molecule has 1 heterocycles. The highest BCUT2D eigenvalue weighted by Gasteiger charge is 2.28. The van der Waals surface area contributed by atoms with E-state index in [2.05, 4.69) is 10.5 Å². The quantitative estimate of drug-likeness (QED) is 0.866. The molecule has 7 nitrogen and oxygen atoms in total. The maximum atomic E-state index is 11.5. The van der Waals surface area contributed by atoms with E-state index in [0.29, 0.717) is 5.69 Å². The molecule has 21 heavy (non-hydrogen) atoms. The summed E-state index contributed by atoms with van der Waals surface area (Å²) in [5.41, 5.74) is -0.131. The summed E-state index contributed by atoms with van der Waals surface area (Å²) in [6.07, 6.45) is -0.564. The first-order valence-electron chi connectivity index (χ1n) is 6.75. The third-order valence-electron chi connectivity index (χ3n) is 2.63. The Morgan fingerprint density at radius 3 is 2.52 bits per heavy atom. The highest BCUT2D eigenvalue weighted by molar-refractivity contribution is 5.75. The van der Waals surface area contributed by atoms with Crippen LogP contribution in [0.25, 0.3) is 0 Å². The molecular formula is C14H22N2O5. The zero-order valence-electron chi connectivity index (χ0n) is 13.0. The molecule has 1 aromatic heterocycles. The van der Waals surface area contributed by atoms with E-state index in [-0.39, 0.29) is 18.2 Å². The van der Waals surface area contributed by atoms with E-state index in [0.717, 1.165) is 0 Å². The second-order valence-electron chi connectivity index (χ2n) is 6.14. The maximum Gasteiger partial charge on any atom is 0.407 e. The molecule has 1 rings (SSSR count). The zero-order chi connectivity index (χ0) is 16.2. The molecule has 1 aromatic rings. The molecule has 1 amide bonds. The third-order valence-corrected chi connectivity index (χ3v) is 2.63. The van der Waals surface area contributed by atoms with Crippen molar-refractivity contribution < 1.29 is 24.0 Å². The van der Waals surface area contributed by atoms with Crippen molar-refractivity contribution in [3.8, 4) is 0 Å². The Balaban J connectivity index is 2.64. The number of carboxylic acids is 1. The number of hydrogen-bond acceptors (Lipinski definition) is 5. The lowest BCUT2D eigenvalue weighted by atomic mass is 9.93. The Hall–Kier alpha value is -2.05. The molecule has 0 aromatic carbocycles. The van der Waals surface area contributed by atoms with Gasteiger partial charge in [-0.3, -0.25) is 4.79 Å². The molecule has 0 radical (unpaired) electrons. The maximum absolute atomic E-state index is 11.5. The molecule has 0 aliphatic rings. The number of carbonyl (C=O) groups is 2. The topological polar surface area (TPSA) is 102 Å². The van der Waals surface area contributed by atoms with Crippen molar-refractivity contribution >= 4 is 12.1 Å². The number of nitrogens with one attached hydrogen (secondary N) is 1. The van der Waals surface area contributed by atoms with Gasteiger partial charge in [-0.15, -0.1) is 0 Å². The summed E-state index contributed by atoms with van der Waals surface area (Å²) in [5, 5.41) is 15.5. The first kappa shape index (κ1) is 17.0. The number of aliphatic carboxylic acids is 1. The fourth-order valence-corrected chi connectivity index (χ4v) is 1.77. The molecule has 1 unspecified atom stereocenters. The van der Waals surface area contributed by atoms with Crippen molar-refractivity contribution in [1.29, 1.82) is 0 Å². The minimum Gasteiger partial charge on any atom is -0.481 e. The minimum atomic E-state index is -0.965. The molecule has 0 aliphatic carbocycles. The van der Waals surface area contributed by atoms with Crippen molar-refractivity contribution in [3.63, 3.8) is 0 Å². The van der Waals surface area contributed by atoms with Crippen LogP contribution in [0.2, 0.25) is 0 Å². The number of amides is 1. The van der Waals surface area contributed by atoms with E-state index >= 15 is 0 Å². The van der Waals surface area contributed by atoms with E-state index in [1.54, 1.807) is 34.6 Å². The first-order chi connectivity index (χ1) is 9.60. The van der Waals surface area contributed by atoms with Crippen LogP contribution < -0.4 is 5.32 Å². The lowest BCUT2D eigenvalue weighted by Gasteiger charge is -2.19. The first-order valence-corrected chi connectivity index (χ1v) is 6.75. The van der Waals surface area contributed by atoms with Gasteiger partial charge >= 0.3 is 12.1 Å². The van der Waals surface area contributed by atoms with Gasteiger partial charge in [-0.1, -0.05) is 19.0 Å². The van der Waals surface area contributed by atoms with Gasteiger partial charge in [-0.05, 0) is 26.7 Å². The van der Waals surface area contributed by atoms with E-state index in [4.69, 9.17) is 9.26 Å². The van der Waals surface area contributed by atoms with Gasteiger partial charge in [-0.25, -0.2) is 4.79 Å². The highest BCUT2D eigenvalue weighted by Crippen LogP contribution is 2.25. The van der Waals surface area contributed by atoms with E-state index in [1.807, 2.05) is 0 Å². The van der Waals surface area contributed by atoms with Gasteiger partial charge in [-0.2, -0.15) is 0 Å². The molecule has 2 N–H and O–H groups in total. The van der Waals surface area contributed by atoms with Gasteiger partial charge in [0, 0.05) is 6.07 Å². The summed E-state index contributed by atoms with van der Waals surface area (Å²) >= 11 is 0. The lowest BCUT2D eigenvalue weighted by molar-refractivity contribution is -0.140. The smallest absolute Gasteiger partial charge is 0.407 e. The molecule has 0 bridgehead atoms. The van der Waals surface area contributed by atoms with Gasteiger partial charge in [0.1, 0.15) is 17.2 Å². The Bertz CT molecular complexity index is 502. The van der Waals surface area contributed by atoms with Crippen LogP contribution in [0.4, 0.5) is 4.79 Å². The van der Waals surface area contributed by atoms with Gasteiger partial charge in [0.2, 0.25) is 0 Å². The van der Waals surface area contributed by atoms with Crippen LogP contribution >= 0.6 is 0 Å². The van der Waals surface area contributed by atoms with E-state index < -0.39 is 23.6 Å². The van der Waals surface area contributed by atoms with E-state index in [9.17, 15) is 14.7 Å². The van der Waals surface area contributed by atoms with Crippen LogP contribution in [0.15, 0.2) is 10.6 Å². The van der Waals surface area contributed by atoms with Gasteiger partial charge in [0.05, 0.1) is 6.54 Å². The molecule has 7 heteroatoms. The number of carboxylic acid groups (broad SMARTS) is 1. The molecule has 0 saturated carbocycles. The number of rotatable bonds is 5. The number of ether oxygens (including phenoxy) is 1. The predicted octanol–water partition coefficient (Wildman–Crippen LogP) is 2.52. The van der Waals surface area contributed by atoms with Gasteiger partial charge < -0.3 is 19.7 Å². The molecule has 0 aliphatic heterocycles. The van der Waals surface area contributed by atoms with Crippen LogP contribution in [0, 0.1) is 5.92 Å². The molecular weight excluding hydrogens is 276 g/mol. The van der Waals surface area contributed by atoms with Gasteiger partial charge in [0.15, 0.2) is 5.76 Å². The van der Waals surface area contributed by atoms with Crippen molar-refractivity contribution in [2.75, 3.05) is 0 Å². The second-order valence-corrected chi connectivity index (χ2v) is 6.14. The third kappa shape index (κ3) is 5.45. The van der Waals surface area contributed by atoms with Crippen LogP contribution in [0.3, 0.4) is 0 Å². The molecule has 0 spiro atoms. The monoisotopic (exact) mass is 298 g/mol. The second kappa shape index (κ2) is 6.60. The number of carbonyl (C=O) groups excluding carboxylic acids is 1. The summed E-state index contributed by atoms with van der Waals surface area (Å²) < 4.78 is 10.1. The fraction of sp³-hybridized carbons (Fsp3) is 0.643. The minimum absolute atomic E-state index is 0.114. The summed E-state index contributed by atoms with van der Waals surface area (Å²) in [6, 6.07) is 1.54. The molecule has 0 fully saturated rings. The summed E-state index contributed by atoms with van der Waals surface area (Å²) in [7, 11) is 0. The molecule has 0 saturated heterocycles. The number of alkyl carbamates (subject to hydrolysis) is 1. The molecule has 118 valence electrons. The summed E-state index contributed by atoms with van der Waals surface area (Å²) in [6.45, 7) is 8.99. The van der Waals surface area contributed by atoms with Crippen molar-refractivity contribution in [3.05, 3.63) is 17.5 Å². The SMILES string of the molecule is CC(C)C(C(=O)O)c1cc(CNC(=O)OC(C)(C)C)no1. The van der Waals surface area contributed by atoms with Crippen molar-refractivity contribution in [1.82, 2.24) is 10.5 Å². The Morgan fingerprint density at radius 2 is 2.05 bits per heavy atom. The molecule has 1 atom stereocenters. The van der Waals surface area contributed by atoms with Gasteiger partial charge in [0.25, 0.3) is 0 Å². The Labute approximate surface area is 123 Å². The normalized spacial score (nSPS) is 13.0. The van der Waals surface area contributed by atoms with Crippen LogP contribution in [-0.4, -0.2) is 27.9 Å². The standard InChI is InChI=1S/C14H22N2O5/c1-8(2)11(12(17)18)10-6-9(16-21-10)7-15-13(19)20-14(3,4)5/h6,8,11H,7H2,1-5H3,(H,15,19)(H,17,18).